The van der Waals surface area contributed by atoms with Crippen molar-refractivity contribution in [1.29, 1.82) is 0 Å². The lowest BCUT2D eigenvalue weighted by Gasteiger charge is -2.39. The highest BCUT2D eigenvalue weighted by atomic mass is 16.5. The number of amides is 2. The van der Waals surface area contributed by atoms with E-state index in [2.05, 4.69) is 0 Å². The fourth-order valence-electron chi connectivity index (χ4n) is 4.17. The molecule has 138 valence electrons. The zero-order valence-corrected chi connectivity index (χ0v) is 15.1. The van der Waals surface area contributed by atoms with Crippen LogP contribution in [0, 0.1) is 5.41 Å². The summed E-state index contributed by atoms with van der Waals surface area (Å²) in [6.07, 6.45) is 2.00. The second kappa shape index (κ2) is 7.02. The average molecular weight is 357 g/mol. The van der Waals surface area contributed by atoms with Crippen LogP contribution in [0.15, 0.2) is 24.3 Å². The van der Waals surface area contributed by atoms with Gasteiger partial charge in [-0.15, -0.1) is 0 Å². The van der Waals surface area contributed by atoms with Crippen molar-refractivity contribution in [2.75, 3.05) is 6.61 Å². The van der Waals surface area contributed by atoms with Crippen molar-refractivity contribution in [1.82, 2.24) is 4.90 Å². The second-order valence-corrected chi connectivity index (χ2v) is 7.14. The molecular weight excluding hydrogens is 334 g/mol. The maximum Gasteiger partial charge on any atom is 0.312 e. The van der Waals surface area contributed by atoms with Crippen LogP contribution in [0.4, 0.5) is 0 Å². The minimum Gasteiger partial charge on any atom is -0.466 e. The maximum absolute atomic E-state index is 12.6. The van der Waals surface area contributed by atoms with Crippen molar-refractivity contribution in [2.45, 2.75) is 52.0 Å². The van der Waals surface area contributed by atoms with Crippen molar-refractivity contribution in [3.63, 3.8) is 0 Å². The van der Waals surface area contributed by atoms with Gasteiger partial charge < -0.3 is 4.74 Å². The minimum atomic E-state index is -0.836. The molecule has 2 amide bonds. The van der Waals surface area contributed by atoms with E-state index in [0.717, 1.165) is 0 Å². The number of imide groups is 1. The van der Waals surface area contributed by atoms with E-state index in [1.165, 1.54) is 11.8 Å². The van der Waals surface area contributed by atoms with Crippen molar-refractivity contribution < 1.29 is 23.9 Å². The Morgan fingerprint density at radius 2 is 1.65 bits per heavy atom. The van der Waals surface area contributed by atoms with Crippen LogP contribution < -0.4 is 0 Å². The van der Waals surface area contributed by atoms with E-state index >= 15 is 0 Å². The predicted octanol–water partition coefficient (Wildman–Crippen LogP) is 2.75. The third-order valence-electron chi connectivity index (χ3n) is 5.40. The number of ketones is 1. The lowest BCUT2D eigenvalue weighted by molar-refractivity contribution is -0.160. The molecule has 6 nitrogen and oxygen atoms in total. The van der Waals surface area contributed by atoms with Crippen LogP contribution in [0.5, 0.6) is 0 Å². The van der Waals surface area contributed by atoms with Gasteiger partial charge in [0.15, 0.2) is 0 Å². The Bertz CT molecular complexity index is 726. The summed E-state index contributed by atoms with van der Waals surface area (Å²) < 4.78 is 5.20. The molecule has 1 aliphatic carbocycles. The maximum atomic E-state index is 12.6. The molecule has 1 aromatic rings. The van der Waals surface area contributed by atoms with E-state index in [1.807, 2.05) is 0 Å². The molecule has 26 heavy (non-hydrogen) atoms. The molecule has 1 heterocycles. The fourth-order valence-corrected chi connectivity index (χ4v) is 4.17. The molecular formula is C20H23NO5. The van der Waals surface area contributed by atoms with Gasteiger partial charge in [0.2, 0.25) is 0 Å². The van der Waals surface area contributed by atoms with Gasteiger partial charge in [-0.2, -0.15) is 0 Å². The Kier molecular flexibility index (Phi) is 4.94. The van der Waals surface area contributed by atoms with Gasteiger partial charge in [0.05, 0.1) is 23.1 Å². The molecule has 0 N–H and O–H groups in total. The first-order chi connectivity index (χ1) is 12.4. The van der Waals surface area contributed by atoms with Crippen LogP contribution in [-0.4, -0.2) is 41.1 Å². The smallest absolute Gasteiger partial charge is 0.312 e. The number of carbonyl (C=O) groups is 4. The van der Waals surface area contributed by atoms with Crippen LogP contribution in [0.3, 0.4) is 0 Å². The molecule has 2 aliphatic rings. The third kappa shape index (κ3) is 3.04. The number of rotatable bonds is 5. The van der Waals surface area contributed by atoms with Crippen LogP contribution in [0.1, 0.15) is 66.7 Å². The van der Waals surface area contributed by atoms with Crippen molar-refractivity contribution in [2.24, 2.45) is 5.41 Å². The summed E-state index contributed by atoms with van der Waals surface area (Å²) in [7, 11) is 0. The Morgan fingerprint density at radius 3 is 2.12 bits per heavy atom. The largest absolute Gasteiger partial charge is 0.466 e. The molecule has 3 rings (SSSR count). The van der Waals surface area contributed by atoms with E-state index in [9.17, 15) is 19.2 Å². The van der Waals surface area contributed by atoms with Gasteiger partial charge in [-0.05, 0) is 51.7 Å². The third-order valence-corrected chi connectivity index (χ3v) is 5.40. The first-order valence-electron chi connectivity index (χ1n) is 9.03. The number of fused-ring (bicyclic) bond motifs is 1. The number of hydrogen-bond acceptors (Lipinski definition) is 5. The molecule has 1 aromatic carbocycles. The topological polar surface area (TPSA) is 80.8 Å². The summed E-state index contributed by atoms with van der Waals surface area (Å²) in [6, 6.07) is 6.56. The zero-order chi connectivity index (χ0) is 18.9. The fraction of sp³-hybridized carbons (Fsp3) is 0.500. The molecule has 1 saturated carbocycles. The van der Waals surface area contributed by atoms with E-state index in [4.69, 9.17) is 4.74 Å². The standard InChI is InChI=1S/C20H23NO5/c1-3-26-19(25)20(12-13(2)22)10-8-14(9-11-20)21-17(23)15-6-4-5-7-16(15)18(21)24/h4-7,14H,3,8-12H2,1-2H3. The van der Waals surface area contributed by atoms with Crippen LogP contribution >= 0.6 is 0 Å². The van der Waals surface area contributed by atoms with Gasteiger partial charge in [0.1, 0.15) is 5.78 Å². The molecule has 6 heteroatoms. The van der Waals surface area contributed by atoms with E-state index < -0.39 is 5.41 Å². The summed E-state index contributed by atoms with van der Waals surface area (Å²) in [4.78, 5) is 50.8. The molecule has 0 aromatic heterocycles. The van der Waals surface area contributed by atoms with E-state index in [0.29, 0.717) is 36.8 Å². The summed E-state index contributed by atoms with van der Waals surface area (Å²) in [6.45, 7) is 3.47. The predicted molar refractivity (Wildman–Crippen MR) is 93.6 cm³/mol. The van der Waals surface area contributed by atoms with Gasteiger partial charge in [0.25, 0.3) is 11.8 Å². The summed E-state index contributed by atoms with van der Waals surface area (Å²) in [5.74, 6) is -0.954. The van der Waals surface area contributed by atoms with Crippen molar-refractivity contribution in [3.8, 4) is 0 Å². The zero-order valence-electron chi connectivity index (χ0n) is 15.1. The molecule has 0 spiro atoms. The summed E-state index contributed by atoms with van der Waals surface area (Å²) >= 11 is 0. The van der Waals surface area contributed by atoms with Crippen LogP contribution in [0.25, 0.3) is 0 Å². The highest BCUT2D eigenvalue weighted by Gasteiger charge is 2.48. The monoisotopic (exact) mass is 357 g/mol. The highest BCUT2D eigenvalue weighted by molar-refractivity contribution is 6.21. The number of esters is 1. The number of carbonyl (C=O) groups excluding carboxylic acids is 4. The van der Waals surface area contributed by atoms with Gasteiger partial charge in [-0.3, -0.25) is 24.1 Å². The SMILES string of the molecule is CCOC(=O)C1(CC(C)=O)CCC(N2C(=O)c3ccccc3C2=O)CC1. The first kappa shape index (κ1) is 18.3. The molecule has 1 fully saturated rings. The molecule has 0 unspecified atom stereocenters. The molecule has 0 radical (unpaired) electrons. The Morgan fingerprint density at radius 1 is 1.12 bits per heavy atom. The number of Topliss-reactive ketones (excluding diaryl/α,β-unsaturated/α-hetero) is 1. The second-order valence-electron chi connectivity index (χ2n) is 7.14. The van der Waals surface area contributed by atoms with E-state index in [-0.39, 0.29) is 42.6 Å². The van der Waals surface area contributed by atoms with Gasteiger partial charge in [-0.25, -0.2) is 0 Å². The van der Waals surface area contributed by atoms with Crippen LogP contribution in [0.2, 0.25) is 0 Å². The quantitative estimate of drug-likeness (QED) is 0.598. The van der Waals surface area contributed by atoms with Gasteiger partial charge in [0, 0.05) is 12.5 Å². The normalized spacial score (nSPS) is 25.2. The first-order valence-corrected chi connectivity index (χ1v) is 9.03. The summed E-state index contributed by atoms with van der Waals surface area (Å²) in [5.41, 5.74) is 0.0312. The number of nitrogens with zero attached hydrogens (tertiary/aromatic N) is 1. The number of benzene rings is 1. The summed E-state index contributed by atoms with van der Waals surface area (Å²) in [5, 5.41) is 0. The van der Waals surface area contributed by atoms with Gasteiger partial charge in [-0.1, -0.05) is 12.1 Å². The van der Waals surface area contributed by atoms with E-state index in [1.54, 1.807) is 31.2 Å². The molecule has 1 aliphatic heterocycles. The van der Waals surface area contributed by atoms with Crippen molar-refractivity contribution >= 4 is 23.6 Å². The molecule has 0 atom stereocenters. The molecule has 0 saturated heterocycles. The Balaban J connectivity index is 1.77. The minimum absolute atomic E-state index is 0.0581. The number of hydrogen-bond donors (Lipinski definition) is 0. The molecule has 0 bridgehead atoms. The Hall–Kier alpha value is -2.50. The van der Waals surface area contributed by atoms with Crippen molar-refractivity contribution in [3.05, 3.63) is 35.4 Å². The lowest BCUT2D eigenvalue weighted by atomic mass is 9.69. The van der Waals surface area contributed by atoms with Gasteiger partial charge >= 0.3 is 5.97 Å². The lowest BCUT2D eigenvalue weighted by Crippen LogP contribution is -2.47. The van der Waals surface area contributed by atoms with Crippen LogP contribution in [-0.2, 0) is 14.3 Å². The Labute approximate surface area is 152 Å². The average Bonchev–Trinajstić information content (AvgIpc) is 2.87. The number of ether oxygens (including phenoxy) is 1. The highest BCUT2D eigenvalue weighted by Crippen LogP contribution is 2.43.